The van der Waals surface area contributed by atoms with Crippen molar-refractivity contribution in [1.29, 1.82) is 0 Å². The number of methoxy groups -OCH3 is 1. The Bertz CT molecular complexity index is 1150. The normalized spacial score (nSPS) is 25.0. The third-order valence-electron chi connectivity index (χ3n) is 9.10. The second kappa shape index (κ2) is 13.8. The van der Waals surface area contributed by atoms with E-state index in [9.17, 15) is 24.9 Å². The van der Waals surface area contributed by atoms with Crippen molar-refractivity contribution in [2.75, 3.05) is 13.7 Å². The molecule has 3 aliphatic rings. The van der Waals surface area contributed by atoms with Gasteiger partial charge in [-0.1, -0.05) is 56.8 Å². The molecule has 40 heavy (non-hydrogen) atoms. The van der Waals surface area contributed by atoms with Gasteiger partial charge in [0.15, 0.2) is 11.5 Å². The van der Waals surface area contributed by atoms with Crippen LogP contribution in [0.15, 0.2) is 28.9 Å². The standard InChI is InChI=1S/C32H44INO6/c1-4-9-21-17-23-29(32(39)34(31(23)38)22-10-7-6-8-11-22)24(18-35)28(21)26(36)13-12-19(5-2)14-20-15-25(33)30(37)27(16-20)40-3/h14-16,22-24,26,29,35-37H,4-13,17-18H2,1-3H3/b19-14+/t23-,24+,26-,29-/m1/s1. The predicted molar refractivity (Wildman–Crippen MR) is 164 cm³/mol. The number of halogens is 1. The number of carbonyl (C=O) groups is 2. The lowest BCUT2D eigenvalue weighted by Gasteiger charge is -2.36. The first-order chi connectivity index (χ1) is 19.2. The van der Waals surface area contributed by atoms with E-state index in [4.69, 9.17) is 4.74 Å². The number of amides is 2. The fourth-order valence-electron chi connectivity index (χ4n) is 7.12. The average Bonchev–Trinajstić information content (AvgIpc) is 3.21. The van der Waals surface area contributed by atoms with Gasteiger partial charge in [0.05, 0.1) is 35.2 Å². The number of aliphatic hydroxyl groups excluding tert-OH is 2. The lowest BCUT2D eigenvalue weighted by atomic mass is 9.67. The molecule has 8 heteroatoms. The lowest BCUT2D eigenvalue weighted by molar-refractivity contribution is -0.143. The van der Waals surface area contributed by atoms with Crippen LogP contribution in [0.1, 0.15) is 90.0 Å². The van der Waals surface area contributed by atoms with Crippen LogP contribution in [-0.4, -0.2) is 57.9 Å². The number of aromatic hydroxyl groups is 1. The van der Waals surface area contributed by atoms with Crippen molar-refractivity contribution in [2.45, 2.75) is 96.6 Å². The Morgan fingerprint density at radius 3 is 2.52 bits per heavy atom. The van der Waals surface area contributed by atoms with Crippen LogP contribution in [0.4, 0.5) is 0 Å². The minimum absolute atomic E-state index is 0.0273. The molecule has 1 saturated carbocycles. The molecule has 1 aromatic rings. The number of allylic oxidation sites excluding steroid dienone is 2. The van der Waals surface area contributed by atoms with Crippen LogP contribution in [0.5, 0.6) is 11.5 Å². The van der Waals surface area contributed by atoms with Gasteiger partial charge >= 0.3 is 0 Å². The van der Waals surface area contributed by atoms with Gasteiger partial charge in [-0.2, -0.15) is 0 Å². The smallest absolute Gasteiger partial charge is 0.234 e. The van der Waals surface area contributed by atoms with Gasteiger partial charge in [-0.15, -0.1) is 0 Å². The van der Waals surface area contributed by atoms with E-state index in [1.54, 1.807) is 11.0 Å². The molecule has 0 spiro atoms. The molecule has 2 fully saturated rings. The summed E-state index contributed by atoms with van der Waals surface area (Å²) in [6, 6.07) is 3.67. The fourth-order valence-corrected chi connectivity index (χ4v) is 7.74. The van der Waals surface area contributed by atoms with Gasteiger partial charge in [-0.3, -0.25) is 14.5 Å². The first kappa shape index (κ1) is 31.0. The minimum Gasteiger partial charge on any atom is -0.504 e. The highest BCUT2D eigenvalue weighted by atomic mass is 127. The lowest BCUT2D eigenvalue weighted by Crippen LogP contribution is -2.42. The van der Waals surface area contributed by atoms with Crippen LogP contribution in [0.2, 0.25) is 0 Å². The minimum atomic E-state index is -0.796. The van der Waals surface area contributed by atoms with Gasteiger partial charge in [0, 0.05) is 12.0 Å². The van der Waals surface area contributed by atoms with Crippen LogP contribution in [0.25, 0.3) is 6.08 Å². The Hall–Kier alpha value is -1.91. The number of aliphatic hydroxyl groups is 2. The van der Waals surface area contributed by atoms with E-state index in [1.807, 2.05) is 6.07 Å². The highest BCUT2D eigenvalue weighted by Gasteiger charge is 2.56. The summed E-state index contributed by atoms with van der Waals surface area (Å²) >= 11 is 2.08. The first-order valence-electron chi connectivity index (χ1n) is 14.9. The van der Waals surface area contributed by atoms with Gasteiger partial charge in [0.2, 0.25) is 11.8 Å². The molecule has 0 aromatic heterocycles. The van der Waals surface area contributed by atoms with E-state index in [-0.39, 0.29) is 30.2 Å². The molecule has 1 aromatic carbocycles. The molecule has 7 nitrogen and oxygen atoms in total. The van der Waals surface area contributed by atoms with Crippen LogP contribution in [-0.2, 0) is 9.59 Å². The largest absolute Gasteiger partial charge is 0.504 e. The number of phenolic OH excluding ortho intramolecular Hbond substituents is 1. The Labute approximate surface area is 251 Å². The number of fused-ring (bicyclic) bond motifs is 1. The Morgan fingerprint density at radius 2 is 1.90 bits per heavy atom. The van der Waals surface area contributed by atoms with Crippen molar-refractivity contribution < 1.29 is 29.6 Å². The summed E-state index contributed by atoms with van der Waals surface area (Å²) in [7, 11) is 1.53. The number of nitrogens with zero attached hydrogens (tertiary/aromatic N) is 1. The van der Waals surface area contributed by atoms with Crippen LogP contribution >= 0.6 is 22.6 Å². The second-order valence-corrected chi connectivity index (χ2v) is 12.7. The van der Waals surface area contributed by atoms with E-state index in [0.29, 0.717) is 28.6 Å². The van der Waals surface area contributed by atoms with Crippen LogP contribution in [0, 0.1) is 21.3 Å². The Kier molecular flexibility index (Phi) is 10.7. The third-order valence-corrected chi connectivity index (χ3v) is 9.92. The Balaban J connectivity index is 1.57. The molecule has 4 rings (SSSR count). The van der Waals surface area contributed by atoms with Gasteiger partial charge < -0.3 is 20.1 Å². The van der Waals surface area contributed by atoms with Gasteiger partial charge in [-0.05, 0) is 90.8 Å². The summed E-state index contributed by atoms with van der Waals surface area (Å²) < 4.78 is 6.01. The predicted octanol–water partition coefficient (Wildman–Crippen LogP) is 5.98. The average molecular weight is 666 g/mol. The first-order valence-corrected chi connectivity index (χ1v) is 16.0. The third kappa shape index (κ3) is 6.28. The van der Waals surface area contributed by atoms with Crippen molar-refractivity contribution in [3.8, 4) is 11.5 Å². The van der Waals surface area contributed by atoms with Crippen molar-refractivity contribution in [1.82, 2.24) is 4.90 Å². The number of likely N-dealkylation sites (tertiary alicyclic amines) is 1. The van der Waals surface area contributed by atoms with E-state index >= 15 is 0 Å². The van der Waals surface area contributed by atoms with E-state index in [0.717, 1.165) is 73.6 Å². The molecule has 0 radical (unpaired) electrons. The molecule has 2 amide bonds. The van der Waals surface area contributed by atoms with Crippen molar-refractivity contribution in [3.05, 3.63) is 38.0 Å². The van der Waals surface area contributed by atoms with Gasteiger partial charge in [0.25, 0.3) is 0 Å². The van der Waals surface area contributed by atoms with Gasteiger partial charge in [-0.25, -0.2) is 0 Å². The molecule has 0 bridgehead atoms. The van der Waals surface area contributed by atoms with E-state index in [1.165, 1.54) is 7.11 Å². The zero-order chi connectivity index (χ0) is 29.0. The highest BCUT2D eigenvalue weighted by Crippen LogP contribution is 2.48. The molecule has 0 unspecified atom stereocenters. The van der Waals surface area contributed by atoms with Gasteiger partial charge in [0.1, 0.15) is 0 Å². The molecule has 2 aliphatic carbocycles. The van der Waals surface area contributed by atoms with E-state index < -0.39 is 23.9 Å². The molecular weight excluding hydrogens is 621 g/mol. The molecule has 1 aliphatic heterocycles. The summed E-state index contributed by atoms with van der Waals surface area (Å²) in [4.78, 5) is 28.8. The maximum absolute atomic E-state index is 13.7. The molecule has 1 heterocycles. The summed E-state index contributed by atoms with van der Waals surface area (Å²) in [6.45, 7) is 3.91. The number of imide groups is 1. The summed E-state index contributed by atoms with van der Waals surface area (Å²) in [6.07, 6.45) is 10.2. The van der Waals surface area contributed by atoms with Crippen LogP contribution in [0.3, 0.4) is 0 Å². The zero-order valence-electron chi connectivity index (χ0n) is 24.0. The summed E-state index contributed by atoms with van der Waals surface area (Å²) in [5.41, 5.74) is 3.89. The summed E-state index contributed by atoms with van der Waals surface area (Å²) in [5, 5.41) is 32.3. The fraction of sp³-hybridized carbons (Fsp3) is 0.625. The number of phenols is 1. The topological polar surface area (TPSA) is 107 Å². The number of benzene rings is 1. The van der Waals surface area contributed by atoms with E-state index in [2.05, 4.69) is 42.5 Å². The Morgan fingerprint density at radius 1 is 1.18 bits per heavy atom. The quantitative estimate of drug-likeness (QED) is 0.153. The molecular formula is C32H44INO6. The summed E-state index contributed by atoms with van der Waals surface area (Å²) in [5.74, 6) is -1.22. The van der Waals surface area contributed by atoms with Crippen LogP contribution < -0.4 is 4.74 Å². The number of hydrogen-bond acceptors (Lipinski definition) is 6. The highest BCUT2D eigenvalue weighted by molar-refractivity contribution is 14.1. The monoisotopic (exact) mass is 665 g/mol. The number of carbonyl (C=O) groups excluding carboxylic acids is 2. The maximum Gasteiger partial charge on any atom is 0.234 e. The molecule has 1 saturated heterocycles. The van der Waals surface area contributed by atoms with Crippen molar-refractivity contribution >= 4 is 40.5 Å². The number of ether oxygens (including phenoxy) is 1. The molecule has 3 N–H and O–H groups in total. The number of rotatable bonds is 11. The number of hydrogen-bond donors (Lipinski definition) is 3. The zero-order valence-corrected chi connectivity index (χ0v) is 26.2. The maximum atomic E-state index is 13.7. The SMILES string of the molecule is CCCC1=C([C@H](O)CC/C(=C/c2cc(I)c(O)c(OC)c2)CC)[C@H](CO)[C@@H]2C(=O)N(C3CCCCC3)C(=O)[C@@H]2C1. The van der Waals surface area contributed by atoms with Crippen molar-refractivity contribution in [3.63, 3.8) is 0 Å². The molecule has 220 valence electrons. The second-order valence-electron chi connectivity index (χ2n) is 11.5. The molecule has 4 atom stereocenters. The van der Waals surface area contributed by atoms with Crippen molar-refractivity contribution in [2.24, 2.45) is 17.8 Å².